The van der Waals surface area contributed by atoms with Crippen LogP contribution in [0.25, 0.3) is 5.65 Å². The van der Waals surface area contributed by atoms with Gasteiger partial charge in [0.1, 0.15) is 11.3 Å². The first kappa shape index (κ1) is 15.6. The van der Waals surface area contributed by atoms with E-state index in [1.54, 1.807) is 16.7 Å². The summed E-state index contributed by atoms with van der Waals surface area (Å²) in [6.45, 7) is 6.05. The van der Waals surface area contributed by atoms with Gasteiger partial charge in [-0.05, 0) is 55.7 Å². The first-order valence-corrected chi connectivity index (χ1v) is 7.92. The summed E-state index contributed by atoms with van der Waals surface area (Å²) < 4.78 is 1.75. The molecule has 1 amide bonds. The number of nitrogens with zero attached hydrogens (tertiary/aromatic N) is 2. The number of aromatic nitrogens is 2. The third kappa shape index (κ3) is 2.94. The van der Waals surface area contributed by atoms with E-state index in [0.29, 0.717) is 17.1 Å². The highest BCUT2D eigenvalue weighted by molar-refractivity contribution is 6.30. The number of pyridine rings is 1. The van der Waals surface area contributed by atoms with E-state index in [9.17, 15) is 4.79 Å². The Hall–Kier alpha value is -2.33. The van der Waals surface area contributed by atoms with Gasteiger partial charge in [-0.25, -0.2) is 4.98 Å². The third-order valence-corrected chi connectivity index (χ3v) is 4.19. The second kappa shape index (κ2) is 6.05. The van der Waals surface area contributed by atoms with Crippen LogP contribution in [0.4, 0.5) is 5.69 Å². The maximum atomic E-state index is 12.8. The van der Waals surface area contributed by atoms with E-state index in [2.05, 4.69) is 10.3 Å². The zero-order chi connectivity index (χ0) is 16.6. The van der Waals surface area contributed by atoms with Gasteiger partial charge in [0.2, 0.25) is 0 Å². The molecule has 0 spiro atoms. The Kier molecular flexibility index (Phi) is 4.09. The molecule has 0 aliphatic rings. The molecule has 118 valence electrons. The van der Waals surface area contributed by atoms with Crippen molar-refractivity contribution in [2.75, 3.05) is 5.32 Å². The van der Waals surface area contributed by atoms with Gasteiger partial charge in [-0.1, -0.05) is 24.6 Å². The lowest BCUT2D eigenvalue weighted by Gasteiger charge is -2.09. The maximum Gasteiger partial charge on any atom is 0.274 e. The molecule has 0 aliphatic heterocycles. The lowest BCUT2D eigenvalue weighted by molar-refractivity contribution is 0.102. The summed E-state index contributed by atoms with van der Waals surface area (Å²) in [6.07, 6.45) is 2.40. The first-order valence-electron chi connectivity index (χ1n) is 7.54. The number of nitrogens with one attached hydrogen (secondary N) is 1. The highest BCUT2D eigenvalue weighted by atomic mass is 35.5. The van der Waals surface area contributed by atoms with Crippen LogP contribution in [0.5, 0.6) is 0 Å². The molecule has 0 saturated heterocycles. The number of amides is 1. The standard InChI is InChI=1S/C18H18ClN3O/c1-4-15-17(22-10-13(19)6-8-16(22)21-15)18(23)20-14-7-5-11(2)12(3)9-14/h5-10H,4H2,1-3H3,(H,20,23). The Morgan fingerprint density at radius 1 is 1.22 bits per heavy atom. The summed E-state index contributed by atoms with van der Waals surface area (Å²) in [7, 11) is 0. The number of imidazole rings is 1. The molecule has 1 N–H and O–H groups in total. The van der Waals surface area contributed by atoms with Gasteiger partial charge < -0.3 is 5.32 Å². The van der Waals surface area contributed by atoms with Gasteiger partial charge in [-0.3, -0.25) is 9.20 Å². The van der Waals surface area contributed by atoms with E-state index in [1.165, 1.54) is 5.56 Å². The number of aryl methyl sites for hydroxylation is 3. The predicted molar refractivity (Wildman–Crippen MR) is 93.4 cm³/mol. The summed E-state index contributed by atoms with van der Waals surface area (Å²) in [5.74, 6) is -0.181. The average molecular weight is 328 g/mol. The van der Waals surface area contributed by atoms with Crippen LogP contribution >= 0.6 is 11.6 Å². The van der Waals surface area contributed by atoms with E-state index in [4.69, 9.17) is 11.6 Å². The van der Waals surface area contributed by atoms with Crippen LogP contribution in [0.15, 0.2) is 36.5 Å². The summed E-state index contributed by atoms with van der Waals surface area (Å²) in [4.78, 5) is 17.3. The molecule has 0 unspecified atom stereocenters. The van der Waals surface area contributed by atoms with Crippen LogP contribution < -0.4 is 5.32 Å². The van der Waals surface area contributed by atoms with Crippen molar-refractivity contribution in [1.29, 1.82) is 0 Å². The second-order valence-electron chi connectivity index (χ2n) is 5.59. The van der Waals surface area contributed by atoms with Crippen molar-refractivity contribution in [1.82, 2.24) is 9.38 Å². The molecule has 0 fully saturated rings. The van der Waals surface area contributed by atoms with Crippen LogP contribution in [-0.2, 0) is 6.42 Å². The van der Waals surface area contributed by atoms with Gasteiger partial charge in [-0.2, -0.15) is 0 Å². The number of anilines is 1. The van der Waals surface area contributed by atoms with E-state index in [-0.39, 0.29) is 5.91 Å². The normalized spacial score (nSPS) is 11.0. The van der Waals surface area contributed by atoms with E-state index in [0.717, 1.165) is 22.6 Å². The Bertz CT molecular complexity index is 899. The minimum atomic E-state index is -0.181. The average Bonchev–Trinajstić information content (AvgIpc) is 2.88. The molecule has 3 rings (SSSR count). The summed E-state index contributed by atoms with van der Waals surface area (Å²) in [6, 6.07) is 9.46. The van der Waals surface area contributed by atoms with Gasteiger partial charge in [0.05, 0.1) is 10.7 Å². The zero-order valence-corrected chi connectivity index (χ0v) is 14.1. The molecular formula is C18H18ClN3O. The second-order valence-corrected chi connectivity index (χ2v) is 6.03. The van der Waals surface area contributed by atoms with Crippen molar-refractivity contribution >= 4 is 28.8 Å². The minimum absolute atomic E-state index is 0.181. The van der Waals surface area contributed by atoms with E-state index >= 15 is 0 Å². The molecule has 0 bridgehead atoms. The topological polar surface area (TPSA) is 46.4 Å². The van der Waals surface area contributed by atoms with Crippen molar-refractivity contribution in [3.05, 3.63) is 64.1 Å². The smallest absolute Gasteiger partial charge is 0.274 e. The Balaban J connectivity index is 2.02. The van der Waals surface area contributed by atoms with Crippen LogP contribution in [0.1, 0.15) is 34.2 Å². The Morgan fingerprint density at radius 2 is 2.00 bits per heavy atom. The van der Waals surface area contributed by atoms with Crippen LogP contribution in [0.2, 0.25) is 5.02 Å². The first-order chi connectivity index (χ1) is 11.0. The van der Waals surface area contributed by atoms with Gasteiger partial charge >= 0.3 is 0 Å². The van der Waals surface area contributed by atoms with Crippen LogP contribution in [0, 0.1) is 13.8 Å². The summed E-state index contributed by atoms with van der Waals surface area (Å²) in [5, 5.41) is 3.52. The SMILES string of the molecule is CCc1nc2ccc(Cl)cn2c1C(=O)Nc1ccc(C)c(C)c1. The fourth-order valence-corrected chi connectivity index (χ4v) is 2.72. The van der Waals surface area contributed by atoms with Gasteiger partial charge in [-0.15, -0.1) is 0 Å². The van der Waals surface area contributed by atoms with Crippen molar-refractivity contribution in [3.8, 4) is 0 Å². The molecule has 0 atom stereocenters. The van der Waals surface area contributed by atoms with Crippen molar-refractivity contribution < 1.29 is 4.79 Å². The molecule has 0 aliphatic carbocycles. The molecular weight excluding hydrogens is 310 g/mol. The monoisotopic (exact) mass is 327 g/mol. The number of benzene rings is 1. The summed E-state index contributed by atoms with van der Waals surface area (Å²) >= 11 is 6.07. The number of fused-ring (bicyclic) bond motifs is 1. The van der Waals surface area contributed by atoms with Crippen LogP contribution in [-0.4, -0.2) is 15.3 Å². The van der Waals surface area contributed by atoms with Crippen molar-refractivity contribution in [2.24, 2.45) is 0 Å². The highest BCUT2D eigenvalue weighted by Crippen LogP contribution is 2.20. The molecule has 1 aromatic carbocycles. The summed E-state index contributed by atoms with van der Waals surface area (Å²) in [5.41, 5.74) is 5.11. The molecule has 3 aromatic rings. The minimum Gasteiger partial charge on any atom is -0.321 e. The van der Waals surface area contributed by atoms with Gasteiger partial charge in [0.25, 0.3) is 5.91 Å². The lowest BCUT2D eigenvalue weighted by Crippen LogP contribution is -2.16. The molecule has 2 aromatic heterocycles. The molecule has 0 radical (unpaired) electrons. The molecule has 4 nitrogen and oxygen atoms in total. The Morgan fingerprint density at radius 3 is 2.70 bits per heavy atom. The number of carbonyl (C=O) groups excluding carboxylic acids is 1. The molecule has 23 heavy (non-hydrogen) atoms. The number of carbonyl (C=O) groups is 1. The predicted octanol–water partition coefficient (Wildman–Crippen LogP) is 4.42. The number of rotatable bonds is 3. The Labute approximate surface area is 140 Å². The fraction of sp³-hybridized carbons (Fsp3) is 0.222. The number of hydrogen-bond donors (Lipinski definition) is 1. The van der Waals surface area contributed by atoms with Crippen LogP contribution in [0.3, 0.4) is 0 Å². The molecule has 2 heterocycles. The highest BCUT2D eigenvalue weighted by Gasteiger charge is 2.18. The number of hydrogen-bond acceptors (Lipinski definition) is 2. The van der Waals surface area contributed by atoms with Crippen molar-refractivity contribution in [3.63, 3.8) is 0 Å². The zero-order valence-electron chi connectivity index (χ0n) is 13.4. The van der Waals surface area contributed by atoms with E-state index in [1.807, 2.05) is 45.0 Å². The largest absolute Gasteiger partial charge is 0.321 e. The van der Waals surface area contributed by atoms with E-state index < -0.39 is 0 Å². The number of halogens is 1. The fourth-order valence-electron chi connectivity index (χ4n) is 2.56. The van der Waals surface area contributed by atoms with Gasteiger partial charge in [0.15, 0.2) is 0 Å². The maximum absolute atomic E-state index is 12.8. The lowest BCUT2D eigenvalue weighted by atomic mass is 10.1. The van der Waals surface area contributed by atoms with Gasteiger partial charge in [0, 0.05) is 11.9 Å². The third-order valence-electron chi connectivity index (χ3n) is 3.97. The van der Waals surface area contributed by atoms with Crippen molar-refractivity contribution in [2.45, 2.75) is 27.2 Å². The quantitative estimate of drug-likeness (QED) is 0.774. The molecule has 0 saturated carbocycles. The molecule has 5 heteroatoms.